The summed E-state index contributed by atoms with van der Waals surface area (Å²) in [6.45, 7) is 9.13. The first-order chi connectivity index (χ1) is 22.5. The number of alkyl halides is 2. The molecule has 3 aromatic carbocycles. The normalized spacial score (nSPS) is 16.8. The minimum Gasteiger partial charge on any atom is -0.443 e. The van der Waals surface area contributed by atoms with Gasteiger partial charge in [0.2, 0.25) is 5.91 Å². The minimum atomic E-state index is -1.42. The monoisotopic (exact) mass is 821 g/mol. The number of ether oxygens (including phenoxy) is 2. The van der Waals surface area contributed by atoms with Gasteiger partial charge in [-0.2, -0.15) is 4.90 Å². The van der Waals surface area contributed by atoms with Crippen molar-refractivity contribution in [1.29, 1.82) is 0 Å². The maximum absolute atomic E-state index is 15.2. The Hall–Kier alpha value is -3.16. The molecule has 1 aliphatic carbocycles. The molecule has 1 fully saturated rings. The molecule has 0 aromatic heterocycles. The van der Waals surface area contributed by atoms with Crippen LogP contribution in [0.15, 0.2) is 53.0 Å². The fourth-order valence-electron chi connectivity index (χ4n) is 4.65. The molecule has 4 amide bonds. The highest BCUT2D eigenvalue weighted by Crippen LogP contribution is 2.65. The largest absolute Gasteiger partial charge is 0.443 e. The summed E-state index contributed by atoms with van der Waals surface area (Å²) in [7, 11) is 0. The molecule has 0 spiro atoms. The summed E-state index contributed by atoms with van der Waals surface area (Å²) < 4.78 is 39.9. The van der Waals surface area contributed by atoms with E-state index < -0.39 is 74.4 Å². The van der Waals surface area contributed by atoms with E-state index in [9.17, 15) is 19.2 Å². The molecule has 2 N–H and O–H groups in total. The number of hydrogen-bond donors (Lipinski definition) is 2. The van der Waals surface area contributed by atoms with Crippen molar-refractivity contribution in [3.63, 3.8) is 0 Å². The number of hydrogen-bond acceptors (Lipinski definition) is 6. The second kappa shape index (κ2) is 14.2. The van der Waals surface area contributed by atoms with E-state index >= 15 is 8.78 Å². The van der Waals surface area contributed by atoms with Crippen LogP contribution in [0.25, 0.3) is 0 Å². The van der Waals surface area contributed by atoms with Crippen molar-refractivity contribution >= 4 is 103 Å². The Kier molecular flexibility index (Phi) is 11.2. The summed E-state index contributed by atoms with van der Waals surface area (Å²) in [6, 6.07) is 10.1. The van der Waals surface area contributed by atoms with E-state index in [1.54, 1.807) is 18.2 Å². The third-order valence-corrected chi connectivity index (χ3v) is 9.28. The second-order valence-electron chi connectivity index (χ2n) is 13.0. The summed E-state index contributed by atoms with van der Waals surface area (Å²) in [6.07, 6.45) is -2.62. The maximum Gasteiger partial charge on any atom is 0.424 e. The molecule has 0 heterocycles. The summed E-state index contributed by atoms with van der Waals surface area (Å²) >= 11 is 28.6. The van der Waals surface area contributed by atoms with Crippen molar-refractivity contribution in [2.75, 3.05) is 15.5 Å². The van der Waals surface area contributed by atoms with Crippen LogP contribution in [0.5, 0.6) is 0 Å². The van der Waals surface area contributed by atoms with Crippen LogP contribution >= 0.6 is 62.3 Å². The Balaban J connectivity index is 1.59. The number of halogens is 7. The van der Waals surface area contributed by atoms with Crippen LogP contribution in [-0.4, -0.2) is 39.5 Å². The zero-order chi connectivity index (χ0) is 36.8. The molecule has 0 aliphatic heterocycles. The number of nitrogens with zero attached hydrogens (tertiary/aromatic N) is 1. The fraction of sp³-hybridized carbons (Fsp3) is 0.333. The number of anilines is 3. The quantitative estimate of drug-likeness (QED) is 0.239. The first kappa shape index (κ1) is 38.6. The molecule has 3 aromatic rings. The molecule has 0 unspecified atom stereocenters. The molecular weight excluding hydrogens is 794 g/mol. The highest BCUT2D eigenvalue weighted by Gasteiger charge is 2.67. The molecule has 4 rings (SSSR count). The van der Waals surface area contributed by atoms with Crippen molar-refractivity contribution in [3.05, 3.63) is 85.8 Å². The van der Waals surface area contributed by atoms with Gasteiger partial charge in [-0.1, -0.05) is 29.3 Å². The zero-order valence-corrected chi connectivity index (χ0v) is 31.4. The summed E-state index contributed by atoms with van der Waals surface area (Å²) in [5.41, 5.74) is -2.99. The molecule has 0 bridgehead atoms. The summed E-state index contributed by atoms with van der Waals surface area (Å²) in [4.78, 5) is 52.9. The average molecular weight is 824 g/mol. The molecule has 2 atom stereocenters. The van der Waals surface area contributed by atoms with Gasteiger partial charge in [-0.3, -0.25) is 9.59 Å². The molecule has 262 valence electrons. The van der Waals surface area contributed by atoms with E-state index in [1.165, 1.54) is 59.7 Å². The number of amides is 4. The number of benzene rings is 3. The predicted molar refractivity (Wildman–Crippen MR) is 189 cm³/mol. The van der Waals surface area contributed by atoms with E-state index in [2.05, 4.69) is 26.6 Å². The lowest BCUT2D eigenvalue weighted by atomic mass is 10.1. The van der Waals surface area contributed by atoms with Crippen LogP contribution in [-0.2, 0) is 14.3 Å². The Morgan fingerprint density at radius 3 is 1.94 bits per heavy atom. The van der Waals surface area contributed by atoms with E-state index in [0.29, 0.717) is 21.1 Å². The number of imide groups is 1. The molecule has 1 aliphatic rings. The minimum absolute atomic E-state index is 0.0817. The Labute approximate surface area is 309 Å². The fourth-order valence-corrected chi connectivity index (χ4v) is 6.20. The molecule has 0 saturated heterocycles. The lowest BCUT2D eigenvalue weighted by molar-refractivity contribution is -0.117. The second-order valence-corrected chi connectivity index (χ2v) is 16.1. The molecule has 49 heavy (non-hydrogen) atoms. The number of rotatable bonds is 6. The maximum atomic E-state index is 15.2. The van der Waals surface area contributed by atoms with Gasteiger partial charge < -0.3 is 20.1 Å². The van der Waals surface area contributed by atoms with Crippen molar-refractivity contribution in [2.24, 2.45) is 5.92 Å². The number of carbonyl (C=O) groups excluding carboxylic acids is 4. The van der Waals surface area contributed by atoms with E-state index in [0.717, 1.165) is 6.07 Å². The highest BCUT2D eigenvalue weighted by atomic mass is 79.9. The van der Waals surface area contributed by atoms with Crippen molar-refractivity contribution < 1.29 is 37.4 Å². The van der Waals surface area contributed by atoms with Gasteiger partial charge in [-0.25, -0.2) is 18.4 Å². The van der Waals surface area contributed by atoms with Crippen LogP contribution in [0.3, 0.4) is 0 Å². The standard InChI is InChI=1S/C33H30BrCl4F2N3O6/c1-31(2,3)48-29(46)43(30(47)49-32(4,5)6)24-14-23(21(39)13-22(24)40)42-27(44)17-12-16(8-10-19(17)35)41-28(45)26-25(33(26,37)38)15-7-9-20(36)18(34)11-15/h7-14,25-26H,1-6H3,(H,41,45)(H,42,44)/t25-,26+/m0/s1. The molecule has 16 heteroatoms. The predicted octanol–water partition coefficient (Wildman–Crippen LogP) is 10.5. The Morgan fingerprint density at radius 1 is 0.816 bits per heavy atom. The zero-order valence-electron chi connectivity index (χ0n) is 26.8. The van der Waals surface area contributed by atoms with Gasteiger partial charge in [0.15, 0.2) is 5.82 Å². The molecular formula is C33H30BrCl4F2N3O6. The lowest BCUT2D eigenvalue weighted by Crippen LogP contribution is -2.44. The third-order valence-electron chi connectivity index (χ3n) is 6.80. The van der Waals surface area contributed by atoms with Crippen LogP contribution in [0.4, 0.5) is 35.4 Å². The molecule has 1 saturated carbocycles. The van der Waals surface area contributed by atoms with E-state index in [-0.39, 0.29) is 21.2 Å². The Bertz CT molecular complexity index is 1820. The smallest absolute Gasteiger partial charge is 0.424 e. The summed E-state index contributed by atoms with van der Waals surface area (Å²) in [5.74, 6) is -5.50. The number of carbonyl (C=O) groups is 4. The van der Waals surface area contributed by atoms with Crippen molar-refractivity contribution in [1.82, 2.24) is 0 Å². The lowest BCUT2D eigenvalue weighted by Gasteiger charge is -2.29. The van der Waals surface area contributed by atoms with Gasteiger partial charge in [0.05, 0.1) is 32.9 Å². The van der Waals surface area contributed by atoms with Crippen molar-refractivity contribution in [3.8, 4) is 0 Å². The molecule has 9 nitrogen and oxygen atoms in total. The van der Waals surface area contributed by atoms with Crippen LogP contribution in [0.1, 0.15) is 63.4 Å². The van der Waals surface area contributed by atoms with Gasteiger partial charge in [0, 0.05) is 22.1 Å². The highest BCUT2D eigenvalue weighted by molar-refractivity contribution is 9.10. The topological polar surface area (TPSA) is 114 Å². The first-order valence-corrected chi connectivity index (χ1v) is 16.8. The van der Waals surface area contributed by atoms with Crippen LogP contribution < -0.4 is 15.5 Å². The Morgan fingerprint density at radius 2 is 1.39 bits per heavy atom. The van der Waals surface area contributed by atoms with Gasteiger partial charge >= 0.3 is 12.2 Å². The number of nitrogens with one attached hydrogen (secondary N) is 2. The molecule has 0 radical (unpaired) electrons. The van der Waals surface area contributed by atoms with Crippen molar-refractivity contribution in [2.45, 2.75) is 63.0 Å². The van der Waals surface area contributed by atoms with Gasteiger partial charge in [0.1, 0.15) is 21.4 Å². The van der Waals surface area contributed by atoms with Gasteiger partial charge in [-0.05, 0) is 99.4 Å². The van der Waals surface area contributed by atoms with Crippen LogP contribution in [0.2, 0.25) is 10.0 Å². The third kappa shape index (κ3) is 9.15. The first-order valence-electron chi connectivity index (χ1n) is 14.5. The van der Waals surface area contributed by atoms with Crippen LogP contribution in [0, 0.1) is 17.6 Å². The van der Waals surface area contributed by atoms with Gasteiger partial charge in [-0.15, -0.1) is 23.2 Å². The average Bonchev–Trinajstić information content (AvgIpc) is 3.53. The SMILES string of the molecule is CC(C)(C)OC(=O)N(C(=O)OC(C)(C)C)c1cc(NC(=O)c2cc(NC(=O)[C@H]3[C@H](c4ccc(Cl)c(Br)c4)C3(Cl)Cl)ccc2Cl)c(F)cc1F. The summed E-state index contributed by atoms with van der Waals surface area (Å²) in [5, 5.41) is 5.31. The van der Waals surface area contributed by atoms with E-state index in [1.807, 2.05) is 0 Å². The van der Waals surface area contributed by atoms with E-state index in [4.69, 9.17) is 55.9 Å². The van der Waals surface area contributed by atoms with Gasteiger partial charge in [0.25, 0.3) is 5.91 Å².